The van der Waals surface area contributed by atoms with Crippen molar-refractivity contribution >= 4 is 5.97 Å². The van der Waals surface area contributed by atoms with Gasteiger partial charge < -0.3 is 15.0 Å². The van der Waals surface area contributed by atoms with Crippen LogP contribution in [0.2, 0.25) is 0 Å². The van der Waals surface area contributed by atoms with Crippen LogP contribution in [-0.4, -0.2) is 50.2 Å². The van der Waals surface area contributed by atoms with Crippen LogP contribution in [0.3, 0.4) is 0 Å². The molecule has 0 amide bonds. The summed E-state index contributed by atoms with van der Waals surface area (Å²) in [6.07, 6.45) is 0. The maximum Gasteiger partial charge on any atom is 0.309 e. The monoisotopic (exact) mass is 226 g/mol. The van der Waals surface area contributed by atoms with Crippen LogP contribution in [0, 0.1) is 17.8 Å². The van der Waals surface area contributed by atoms with Crippen molar-refractivity contribution in [3.05, 3.63) is 0 Å². The zero-order chi connectivity index (χ0) is 11.5. The fourth-order valence-electron chi connectivity index (χ4n) is 2.85. The summed E-state index contributed by atoms with van der Waals surface area (Å²) in [6, 6.07) is 0. The molecule has 2 fully saturated rings. The lowest BCUT2D eigenvalue weighted by atomic mass is 10.0. The Balaban J connectivity index is 1.76. The maximum absolute atomic E-state index is 11.5. The van der Waals surface area contributed by atoms with E-state index < -0.39 is 0 Å². The Hall–Kier alpha value is -0.610. The molecule has 0 radical (unpaired) electrons. The average molecular weight is 226 g/mol. The maximum atomic E-state index is 11.5. The lowest BCUT2D eigenvalue weighted by Gasteiger charge is -2.20. The molecule has 2 aliphatic heterocycles. The normalized spacial score (nSPS) is 31.4. The van der Waals surface area contributed by atoms with Gasteiger partial charge in [-0.3, -0.25) is 4.79 Å². The molecule has 0 aliphatic carbocycles. The quantitative estimate of drug-likeness (QED) is 0.702. The summed E-state index contributed by atoms with van der Waals surface area (Å²) in [7, 11) is 0. The standard InChI is InChI=1S/C12H22N2O2/c1-3-16-12(15)9(2)6-14-7-10-4-13-5-11(10)8-14/h9-11,13H,3-8H2,1-2H3. The van der Waals surface area contributed by atoms with Crippen LogP contribution in [0.5, 0.6) is 0 Å². The van der Waals surface area contributed by atoms with Crippen molar-refractivity contribution < 1.29 is 9.53 Å². The first kappa shape index (κ1) is 11.9. The molecule has 0 aromatic rings. The fourth-order valence-corrected chi connectivity index (χ4v) is 2.85. The average Bonchev–Trinajstić information content (AvgIpc) is 2.78. The smallest absolute Gasteiger partial charge is 0.309 e. The van der Waals surface area contributed by atoms with E-state index in [0.29, 0.717) is 6.61 Å². The van der Waals surface area contributed by atoms with Crippen molar-refractivity contribution in [2.24, 2.45) is 17.8 Å². The minimum Gasteiger partial charge on any atom is -0.466 e. The number of carbonyl (C=O) groups excluding carboxylic acids is 1. The van der Waals surface area contributed by atoms with Gasteiger partial charge in [0.15, 0.2) is 0 Å². The number of esters is 1. The molecule has 92 valence electrons. The van der Waals surface area contributed by atoms with Crippen LogP contribution in [0.25, 0.3) is 0 Å². The van der Waals surface area contributed by atoms with Crippen molar-refractivity contribution in [1.82, 2.24) is 10.2 Å². The van der Waals surface area contributed by atoms with Gasteiger partial charge in [-0.15, -0.1) is 0 Å². The second kappa shape index (κ2) is 5.15. The SMILES string of the molecule is CCOC(=O)C(C)CN1CC2CNCC2C1. The first-order valence-electron chi connectivity index (χ1n) is 6.30. The molecular weight excluding hydrogens is 204 g/mol. The van der Waals surface area contributed by atoms with E-state index in [0.717, 1.165) is 44.6 Å². The molecule has 3 atom stereocenters. The third-order valence-electron chi connectivity index (χ3n) is 3.69. The Kier molecular flexibility index (Phi) is 3.82. The molecule has 3 unspecified atom stereocenters. The number of nitrogens with zero attached hydrogens (tertiary/aromatic N) is 1. The van der Waals surface area contributed by atoms with Crippen molar-refractivity contribution in [2.45, 2.75) is 13.8 Å². The number of nitrogens with one attached hydrogen (secondary N) is 1. The number of hydrogen-bond donors (Lipinski definition) is 1. The molecule has 1 N–H and O–H groups in total. The van der Waals surface area contributed by atoms with Gasteiger partial charge in [-0.2, -0.15) is 0 Å². The third-order valence-corrected chi connectivity index (χ3v) is 3.69. The van der Waals surface area contributed by atoms with E-state index in [9.17, 15) is 4.79 Å². The lowest BCUT2D eigenvalue weighted by Crippen LogP contribution is -2.33. The van der Waals surface area contributed by atoms with E-state index in [1.807, 2.05) is 13.8 Å². The van der Waals surface area contributed by atoms with Gasteiger partial charge >= 0.3 is 5.97 Å². The van der Waals surface area contributed by atoms with E-state index in [4.69, 9.17) is 4.74 Å². The molecule has 16 heavy (non-hydrogen) atoms. The van der Waals surface area contributed by atoms with Gasteiger partial charge in [0.1, 0.15) is 0 Å². The number of hydrogen-bond acceptors (Lipinski definition) is 4. The predicted octanol–water partition coefficient (Wildman–Crippen LogP) is 0.337. The number of ether oxygens (including phenoxy) is 1. The van der Waals surface area contributed by atoms with Crippen LogP contribution >= 0.6 is 0 Å². The van der Waals surface area contributed by atoms with Gasteiger partial charge in [-0.1, -0.05) is 6.92 Å². The first-order chi connectivity index (χ1) is 7.70. The lowest BCUT2D eigenvalue weighted by molar-refractivity contribution is -0.147. The molecule has 0 bridgehead atoms. The summed E-state index contributed by atoms with van der Waals surface area (Å²) in [4.78, 5) is 13.9. The molecule has 2 saturated heterocycles. The minimum atomic E-state index is -0.0577. The molecule has 0 spiro atoms. The van der Waals surface area contributed by atoms with E-state index >= 15 is 0 Å². The zero-order valence-corrected chi connectivity index (χ0v) is 10.2. The van der Waals surface area contributed by atoms with Crippen LogP contribution in [0.4, 0.5) is 0 Å². The zero-order valence-electron chi connectivity index (χ0n) is 10.2. The van der Waals surface area contributed by atoms with Crippen molar-refractivity contribution in [2.75, 3.05) is 39.3 Å². The summed E-state index contributed by atoms with van der Waals surface area (Å²) < 4.78 is 5.03. The predicted molar refractivity (Wildman–Crippen MR) is 62.1 cm³/mol. The molecule has 0 aromatic carbocycles. The Bertz CT molecular complexity index is 245. The third kappa shape index (κ3) is 2.55. The van der Waals surface area contributed by atoms with Crippen molar-refractivity contribution in [3.63, 3.8) is 0 Å². The summed E-state index contributed by atoms with van der Waals surface area (Å²) >= 11 is 0. The van der Waals surface area contributed by atoms with Crippen LogP contribution in [0.1, 0.15) is 13.8 Å². The van der Waals surface area contributed by atoms with Gasteiger partial charge in [0.2, 0.25) is 0 Å². The van der Waals surface area contributed by atoms with E-state index in [1.54, 1.807) is 0 Å². The highest BCUT2D eigenvalue weighted by Crippen LogP contribution is 2.26. The Labute approximate surface area is 97.3 Å². The minimum absolute atomic E-state index is 0.00624. The Morgan fingerprint density at radius 1 is 1.44 bits per heavy atom. The van der Waals surface area contributed by atoms with Crippen LogP contribution in [-0.2, 0) is 9.53 Å². The molecule has 2 aliphatic rings. The van der Waals surface area contributed by atoms with Crippen molar-refractivity contribution in [3.8, 4) is 0 Å². The molecule has 4 nitrogen and oxygen atoms in total. The molecule has 2 rings (SSSR count). The molecule has 4 heteroatoms. The van der Waals surface area contributed by atoms with Gasteiger partial charge in [-0.05, 0) is 31.8 Å². The topological polar surface area (TPSA) is 41.6 Å². The van der Waals surface area contributed by atoms with E-state index in [1.165, 1.54) is 0 Å². The number of rotatable bonds is 4. The summed E-state index contributed by atoms with van der Waals surface area (Å²) in [5.74, 6) is 1.55. The van der Waals surface area contributed by atoms with Gasteiger partial charge in [-0.25, -0.2) is 0 Å². The molecule has 0 aromatic heterocycles. The highest BCUT2D eigenvalue weighted by atomic mass is 16.5. The molecule has 2 heterocycles. The number of likely N-dealkylation sites (tertiary alicyclic amines) is 1. The first-order valence-corrected chi connectivity index (χ1v) is 6.30. The largest absolute Gasteiger partial charge is 0.466 e. The summed E-state index contributed by atoms with van der Waals surface area (Å²) in [5.41, 5.74) is 0. The second-order valence-electron chi connectivity index (χ2n) is 5.05. The van der Waals surface area contributed by atoms with E-state index in [-0.39, 0.29) is 11.9 Å². The molecular formula is C12H22N2O2. The van der Waals surface area contributed by atoms with Gasteiger partial charge in [0.25, 0.3) is 0 Å². The van der Waals surface area contributed by atoms with Crippen molar-refractivity contribution in [1.29, 1.82) is 0 Å². The highest BCUT2D eigenvalue weighted by molar-refractivity contribution is 5.72. The van der Waals surface area contributed by atoms with Gasteiger partial charge in [0.05, 0.1) is 12.5 Å². The number of fused-ring (bicyclic) bond motifs is 1. The second-order valence-corrected chi connectivity index (χ2v) is 5.05. The fraction of sp³-hybridized carbons (Fsp3) is 0.917. The van der Waals surface area contributed by atoms with Crippen LogP contribution in [0.15, 0.2) is 0 Å². The Morgan fingerprint density at radius 2 is 2.06 bits per heavy atom. The highest BCUT2D eigenvalue weighted by Gasteiger charge is 2.36. The Morgan fingerprint density at radius 3 is 2.62 bits per heavy atom. The van der Waals surface area contributed by atoms with Gasteiger partial charge in [0, 0.05) is 19.6 Å². The van der Waals surface area contributed by atoms with E-state index in [2.05, 4.69) is 10.2 Å². The number of carbonyl (C=O) groups is 1. The van der Waals surface area contributed by atoms with Crippen LogP contribution < -0.4 is 5.32 Å². The summed E-state index contributed by atoms with van der Waals surface area (Å²) in [6.45, 7) is 9.73. The molecule has 0 saturated carbocycles. The summed E-state index contributed by atoms with van der Waals surface area (Å²) in [5, 5.41) is 3.42.